The highest BCUT2D eigenvalue weighted by molar-refractivity contribution is 7.11. The third kappa shape index (κ3) is 3.16. The first kappa shape index (κ1) is 15.1. The number of aromatic nitrogens is 2. The zero-order valence-corrected chi connectivity index (χ0v) is 13.3. The molecule has 1 amide bonds. The maximum atomic E-state index is 12.9. The lowest BCUT2D eigenvalue weighted by atomic mass is 9.97. The highest BCUT2D eigenvalue weighted by atomic mass is 32.1. The van der Waals surface area contributed by atoms with E-state index < -0.39 is 0 Å². The Hall–Kier alpha value is -1.82. The fraction of sp³-hybridized carbons (Fsp3) is 0.438. The number of hydrogen-bond donors (Lipinski definition) is 0. The number of halogens is 1. The zero-order valence-electron chi connectivity index (χ0n) is 12.5. The van der Waals surface area contributed by atoms with Crippen molar-refractivity contribution in [3.05, 3.63) is 45.7 Å². The van der Waals surface area contributed by atoms with Crippen molar-refractivity contribution < 1.29 is 9.18 Å². The van der Waals surface area contributed by atoms with Crippen LogP contribution in [0.2, 0.25) is 0 Å². The van der Waals surface area contributed by atoms with E-state index in [-0.39, 0.29) is 11.7 Å². The molecule has 3 rings (SSSR count). The van der Waals surface area contributed by atoms with E-state index in [1.54, 1.807) is 23.5 Å². The van der Waals surface area contributed by atoms with Crippen LogP contribution >= 0.6 is 11.3 Å². The van der Waals surface area contributed by atoms with E-state index in [9.17, 15) is 9.18 Å². The molecule has 1 saturated heterocycles. The van der Waals surface area contributed by atoms with Gasteiger partial charge in [0.2, 0.25) is 0 Å². The molecule has 0 radical (unpaired) electrons. The second-order valence-corrected chi connectivity index (χ2v) is 6.55. The summed E-state index contributed by atoms with van der Waals surface area (Å²) >= 11 is 1.68. The summed E-state index contributed by atoms with van der Waals surface area (Å²) in [6.45, 7) is 3.50. The van der Waals surface area contributed by atoms with Gasteiger partial charge in [0.1, 0.15) is 15.8 Å². The number of rotatable bonds is 3. The highest BCUT2D eigenvalue weighted by Gasteiger charge is 2.26. The first-order chi connectivity index (χ1) is 10.7. The normalized spacial score (nSPS) is 16.0. The fourth-order valence-corrected chi connectivity index (χ4v) is 3.63. The second kappa shape index (κ2) is 6.52. The van der Waals surface area contributed by atoms with Crippen LogP contribution in [0.1, 0.15) is 46.1 Å². The molecule has 2 heterocycles. The van der Waals surface area contributed by atoms with E-state index in [2.05, 4.69) is 17.1 Å². The first-order valence-electron chi connectivity index (χ1n) is 7.54. The van der Waals surface area contributed by atoms with Crippen LogP contribution in [0.4, 0.5) is 4.39 Å². The van der Waals surface area contributed by atoms with Crippen LogP contribution in [0.15, 0.2) is 24.3 Å². The molecular weight excluding hydrogens is 301 g/mol. The Morgan fingerprint density at radius 3 is 2.55 bits per heavy atom. The van der Waals surface area contributed by atoms with E-state index in [0.717, 1.165) is 29.3 Å². The molecule has 0 spiro atoms. The third-order valence-electron chi connectivity index (χ3n) is 4.01. The summed E-state index contributed by atoms with van der Waals surface area (Å²) in [5.74, 6) is 0.0540. The minimum Gasteiger partial charge on any atom is -0.339 e. The molecule has 1 aromatic carbocycles. The van der Waals surface area contributed by atoms with Gasteiger partial charge in [0.15, 0.2) is 0 Å². The summed E-state index contributed by atoms with van der Waals surface area (Å²) in [4.78, 5) is 14.2. The largest absolute Gasteiger partial charge is 0.339 e. The van der Waals surface area contributed by atoms with Crippen LogP contribution in [0.5, 0.6) is 0 Å². The number of carbonyl (C=O) groups is 1. The Morgan fingerprint density at radius 1 is 1.27 bits per heavy atom. The highest BCUT2D eigenvalue weighted by Crippen LogP contribution is 2.30. The van der Waals surface area contributed by atoms with Gasteiger partial charge in [0.05, 0.1) is 0 Å². The van der Waals surface area contributed by atoms with Gasteiger partial charge in [-0.3, -0.25) is 4.79 Å². The van der Waals surface area contributed by atoms with Gasteiger partial charge in [0.25, 0.3) is 5.91 Å². The van der Waals surface area contributed by atoms with Crippen molar-refractivity contribution in [1.29, 1.82) is 0 Å². The standard InChI is InChI=1S/C16H18FN3OS/c1-2-14-18-19-15(22-14)11-7-9-20(10-8-11)16(21)12-3-5-13(17)6-4-12/h3-6,11H,2,7-10H2,1H3. The molecule has 1 aromatic heterocycles. The van der Waals surface area contributed by atoms with E-state index in [4.69, 9.17) is 0 Å². The SMILES string of the molecule is CCc1nnc(C2CCN(C(=O)c3ccc(F)cc3)CC2)s1. The molecule has 6 heteroatoms. The van der Waals surface area contributed by atoms with Gasteiger partial charge in [-0.25, -0.2) is 4.39 Å². The number of nitrogens with zero attached hydrogens (tertiary/aromatic N) is 3. The van der Waals surface area contributed by atoms with Crippen LogP contribution < -0.4 is 0 Å². The average Bonchev–Trinajstić information content (AvgIpc) is 3.04. The van der Waals surface area contributed by atoms with Gasteiger partial charge in [-0.1, -0.05) is 6.92 Å². The molecule has 2 aromatic rings. The van der Waals surface area contributed by atoms with Crippen molar-refractivity contribution in [3.63, 3.8) is 0 Å². The first-order valence-corrected chi connectivity index (χ1v) is 8.36. The summed E-state index contributed by atoms with van der Waals surface area (Å²) in [5, 5.41) is 10.6. The van der Waals surface area contributed by atoms with Gasteiger partial charge in [-0.15, -0.1) is 21.5 Å². The van der Waals surface area contributed by atoms with Crippen LogP contribution in [0, 0.1) is 5.82 Å². The monoisotopic (exact) mass is 319 g/mol. The van der Waals surface area contributed by atoms with Crippen molar-refractivity contribution >= 4 is 17.2 Å². The smallest absolute Gasteiger partial charge is 0.253 e. The number of aryl methyl sites for hydroxylation is 1. The lowest BCUT2D eigenvalue weighted by molar-refractivity contribution is 0.0713. The number of piperidine rings is 1. The summed E-state index contributed by atoms with van der Waals surface area (Å²) in [6, 6.07) is 5.74. The lowest BCUT2D eigenvalue weighted by Gasteiger charge is -2.31. The number of hydrogen-bond acceptors (Lipinski definition) is 4. The fourth-order valence-electron chi connectivity index (χ4n) is 2.68. The zero-order chi connectivity index (χ0) is 15.5. The Balaban J connectivity index is 1.61. The Labute approximate surface area is 133 Å². The third-order valence-corrected chi connectivity index (χ3v) is 5.24. The molecule has 1 aliphatic rings. The van der Waals surface area contributed by atoms with Crippen LogP contribution in [0.25, 0.3) is 0 Å². The molecule has 0 unspecified atom stereocenters. The van der Waals surface area contributed by atoms with E-state index in [0.29, 0.717) is 24.6 Å². The van der Waals surface area contributed by atoms with E-state index in [1.165, 1.54) is 12.1 Å². The summed E-state index contributed by atoms with van der Waals surface area (Å²) in [5.41, 5.74) is 0.545. The van der Waals surface area contributed by atoms with Crippen molar-refractivity contribution in [2.45, 2.75) is 32.1 Å². The van der Waals surface area contributed by atoms with E-state index in [1.807, 2.05) is 4.90 Å². The maximum absolute atomic E-state index is 12.9. The molecule has 0 bridgehead atoms. The molecule has 0 atom stereocenters. The van der Waals surface area contributed by atoms with Gasteiger partial charge < -0.3 is 4.90 Å². The average molecular weight is 319 g/mol. The predicted octanol–water partition coefficient (Wildman–Crippen LogP) is 3.26. The van der Waals surface area contributed by atoms with Crippen molar-refractivity contribution in [1.82, 2.24) is 15.1 Å². The van der Waals surface area contributed by atoms with Gasteiger partial charge in [-0.05, 0) is 43.5 Å². The Bertz CT molecular complexity index is 648. The number of amides is 1. The second-order valence-electron chi connectivity index (χ2n) is 5.46. The minimum absolute atomic E-state index is 0.0232. The molecule has 1 fully saturated rings. The molecule has 0 saturated carbocycles. The van der Waals surface area contributed by atoms with E-state index >= 15 is 0 Å². The van der Waals surface area contributed by atoms with Crippen LogP contribution in [-0.4, -0.2) is 34.1 Å². The predicted molar refractivity (Wildman–Crippen MR) is 83.6 cm³/mol. The van der Waals surface area contributed by atoms with Crippen LogP contribution in [-0.2, 0) is 6.42 Å². The molecule has 0 aliphatic carbocycles. The van der Waals surface area contributed by atoms with Crippen molar-refractivity contribution in [2.75, 3.05) is 13.1 Å². The van der Waals surface area contributed by atoms with Gasteiger partial charge in [-0.2, -0.15) is 0 Å². The molecule has 1 aliphatic heterocycles. The maximum Gasteiger partial charge on any atom is 0.253 e. The molecule has 116 valence electrons. The lowest BCUT2D eigenvalue weighted by Crippen LogP contribution is -2.37. The minimum atomic E-state index is -0.321. The molecule has 4 nitrogen and oxygen atoms in total. The molecule has 22 heavy (non-hydrogen) atoms. The topological polar surface area (TPSA) is 46.1 Å². The number of carbonyl (C=O) groups excluding carboxylic acids is 1. The van der Waals surface area contributed by atoms with Crippen LogP contribution in [0.3, 0.4) is 0 Å². The summed E-state index contributed by atoms with van der Waals surface area (Å²) in [7, 11) is 0. The van der Waals surface area contributed by atoms with Gasteiger partial charge >= 0.3 is 0 Å². The Kier molecular flexibility index (Phi) is 4.47. The molecule has 0 N–H and O–H groups in total. The Morgan fingerprint density at radius 2 is 1.95 bits per heavy atom. The van der Waals surface area contributed by atoms with Crippen molar-refractivity contribution in [3.8, 4) is 0 Å². The number of likely N-dealkylation sites (tertiary alicyclic amines) is 1. The molecular formula is C16H18FN3OS. The summed E-state index contributed by atoms with van der Waals surface area (Å²) in [6.07, 6.45) is 2.73. The number of benzene rings is 1. The quantitative estimate of drug-likeness (QED) is 0.872. The van der Waals surface area contributed by atoms with Crippen molar-refractivity contribution in [2.24, 2.45) is 0 Å². The van der Waals surface area contributed by atoms with Gasteiger partial charge in [0, 0.05) is 24.6 Å². The summed E-state index contributed by atoms with van der Waals surface area (Å²) < 4.78 is 12.9.